The van der Waals surface area contributed by atoms with Gasteiger partial charge in [0.1, 0.15) is 0 Å². The zero-order chi connectivity index (χ0) is 16.2. The molecule has 1 aliphatic rings. The molecule has 2 aromatic rings. The zero-order valence-corrected chi connectivity index (χ0v) is 13.2. The van der Waals surface area contributed by atoms with E-state index in [0.717, 1.165) is 16.8 Å². The number of hydrogen-bond donors (Lipinski definition) is 1. The molecule has 0 radical (unpaired) electrons. The third kappa shape index (κ3) is 3.68. The number of aliphatic imine (C=N–C) groups is 1. The van der Waals surface area contributed by atoms with Crippen LogP contribution in [0.1, 0.15) is 16.7 Å². The third-order valence-electron chi connectivity index (χ3n) is 3.22. The van der Waals surface area contributed by atoms with Crippen molar-refractivity contribution < 1.29 is 4.79 Å². The molecule has 1 saturated heterocycles. The van der Waals surface area contributed by atoms with Crippen molar-refractivity contribution in [2.45, 2.75) is 6.92 Å². The van der Waals surface area contributed by atoms with Crippen LogP contribution in [0.5, 0.6) is 0 Å². The van der Waals surface area contributed by atoms with Crippen LogP contribution in [0, 0.1) is 18.3 Å². The molecule has 0 unspecified atom stereocenters. The van der Waals surface area contributed by atoms with Crippen molar-refractivity contribution >= 4 is 34.6 Å². The molecule has 0 saturated carbocycles. The number of nitrogens with zero attached hydrogens (tertiary/aromatic N) is 2. The summed E-state index contributed by atoms with van der Waals surface area (Å²) in [4.78, 5) is 17.1. The number of nitrogens with one attached hydrogen (secondary N) is 1. The first-order valence-corrected chi connectivity index (χ1v) is 7.82. The summed E-state index contributed by atoms with van der Waals surface area (Å²) >= 11 is 1.31. The van der Waals surface area contributed by atoms with E-state index in [4.69, 9.17) is 5.26 Å². The summed E-state index contributed by atoms with van der Waals surface area (Å²) in [6.07, 6.45) is 1.79. The maximum Gasteiger partial charge on any atom is 0.264 e. The van der Waals surface area contributed by atoms with E-state index in [9.17, 15) is 4.79 Å². The van der Waals surface area contributed by atoms with Crippen molar-refractivity contribution in [1.29, 1.82) is 5.26 Å². The number of hydrogen-bond acceptors (Lipinski definition) is 4. The Kier molecular flexibility index (Phi) is 4.26. The van der Waals surface area contributed by atoms with E-state index >= 15 is 0 Å². The van der Waals surface area contributed by atoms with Crippen LogP contribution < -0.4 is 5.32 Å². The topological polar surface area (TPSA) is 65.2 Å². The minimum Gasteiger partial charge on any atom is -0.300 e. The second kappa shape index (κ2) is 6.51. The van der Waals surface area contributed by atoms with E-state index in [0.29, 0.717) is 15.6 Å². The Morgan fingerprint density at radius 2 is 2.00 bits per heavy atom. The quantitative estimate of drug-likeness (QED) is 0.857. The van der Waals surface area contributed by atoms with Gasteiger partial charge in [-0.15, -0.1) is 0 Å². The monoisotopic (exact) mass is 319 g/mol. The Hall–Kier alpha value is -2.84. The minimum atomic E-state index is -0.161. The maximum atomic E-state index is 12.0. The molecule has 1 amide bonds. The number of carbonyl (C=O) groups excluding carboxylic acids is 1. The van der Waals surface area contributed by atoms with Gasteiger partial charge in [-0.2, -0.15) is 5.26 Å². The van der Waals surface area contributed by atoms with Crippen LogP contribution in [-0.2, 0) is 4.79 Å². The van der Waals surface area contributed by atoms with E-state index in [-0.39, 0.29) is 5.91 Å². The summed E-state index contributed by atoms with van der Waals surface area (Å²) in [5.74, 6) is -0.161. The van der Waals surface area contributed by atoms with E-state index in [1.807, 2.05) is 43.3 Å². The first-order valence-electron chi connectivity index (χ1n) is 7.00. The summed E-state index contributed by atoms with van der Waals surface area (Å²) in [5, 5.41) is 12.1. The number of benzene rings is 2. The summed E-state index contributed by atoms with van der Waals surface area (Å²) in [7, 11) is 0. The number of amidine groups is 1. The van der Waals surface area contributed by atoms with Crippen molar-refractivity contribution in [3.63, 3.8) is 0 Å². The van der Waals surface area contributed by atoms with Gasteiger partial charge in [0.15, 0.2) is 5.17 Å². The zero-order valence-electron chi connectivity index (χ0n) is 12.4. The van der Waals surface area contributed by atoms with Crippen molar-refractivity contribution in [1.82, 2.24) is 5.32 Å². The van der Waals surface area contributed by atoms with Crippen molar-refractivity contribution in [3.8, 4) is 6.07 Å². The van der Waals surface area contributed by atoms with E-state index in [2.05, 4.69) is 16.4 Å². The largest absolute Gasteiger partial charge is 0.300 e. The maximum absolute atomic E-state index is 12.0. The number of amides is 1. The predicted octanol–water partition coefficient (Wildman–Crippen LogP) is 3.76. The number of thioether (sulfide) groups is 1. The van der Waals surface area contributed by atoms with E-state index < -0.39 is 0 Å². The first-order chi connectivity index (χ1) is 11.1. The van der Waals surface area contributed by atoms with Crippen LogP contribution in [0.15, 0.2) is 58.4 Å². The van der Waals surface area contributed by atoms with Gasteiger partial charge in [-0.25, -0.2) is 4.99 Å². The third-order valence-corrected chi connectivity index (χ3v) is 4.13. The van der Waals surface area contributed by atoms with Gasteiger partial charge >= 0.3 is 0 Å². The lowest BCUT2D eigenvalue weighted by Gasteiger charge is -1.97. The molecule has 1 aliphatic heterocycles. The number of rotatable bonds is 2. The molecule has 0 atom stereocenters. The molecular weight excluding hydrogens is 306 g/mol. The second-order valence-corrected chi connectivity index (χ2v) is 6.09. The van der Waals surface area contributed by atoms with Crippen molar-refractivity contribution in [2.75, 3.05) is 0 Å². The Bertz CT molecular complexity index is 861. The molecule has 0 aromatic heterocycles. The Morgan fingerprint density at radius 3 is 2.70 bits per heavy atom. The molecule has 2 aromatic carbocycles. The second-order valence-electron chi connectivity index (χ2n) is 5.05. The highest BCUT2D eigenvalue weighted by atomic mass is 32.2. The molecule has 1 fully saturated rings. The minimum absolute atomic E-state index is 0.161. The van der Waals surface area contributed by atoms with Crippen LogP contribution in [0.25, 0.3) is 6.08 Å². The smallest absolute Gasteiger partial charge is 0.264 e. The van der Waals surface area contributed by atoms with Crippen LogP contribution in [0.2, 0.25) is 0 Å². The molecular formula is C18H13N3OS. The molecule has 3 rings (SSSR count). The first kappa shape index (κ1) is 15.1. The summed E-state index contributed by atoms with van der Waals surface area (Å²) in [6, 6.07) is 16.9. The van der Waals surface area contributed by atoms with Gasteiger partial charge in [-0.3, -0.25) is 4.79 Å². The highest BCUT2D eigenvalue weighted by molar-refractivity contribution is 8.18. The summed E-state index contributed by atoms with van der Waals surface area (Å²) in [5.41, 5.74) is 3.40. The molecule has 23 heavy (non-hydrogen) atoms. The number of carbonyl (C=O) groups is 1. The highest BCUT2D eigenvalue weighted by Gasteiger charge is 2.23. The average molecular weight is 319 g/mol. The molecule has 0 aliphatic carbocycles. The van der Waals surface area contributed by atoms with Gasteiger partial charge in [0.25, 0.3) is 5.91 Å². The van der Waals surface area contributed by atoms with E-state index in [1.165, 1.54) is 11.8 Å². The fraction of sp³-hybridized carbons (Fsp3) is 0.0556. The van der Waals surface area contributed by atoms with Crippen LogP contribution in [-0.4, -0.2) is 11.1 Å². The van der Waals surface area contributed by atoms with Gasteiger partial charge in [0.05, 0.1) is 22.2 Å². The van der Waals surface area contributed by atoms with Crippen LogP contribution in [0.3, 0.4) is 0 Å². The molecule has 0 spiro atoms. The Balaban J connectivity index is 1.81. The van der Waals surface area contributed by atoms with Crippen molar-refractivity contribution in [2.24, 2.45) is 4.99 Å². The van der Waals surface area contributed by atoms with Gasteiger partial charge in [-0.1, -0.05) is 24.3 Å². The SMILES string of the molecule is Cc1cccc(N=C2NC(=O)/C(=C\c3ccc(C#N)cc3)S2)c1. The molecule has 1 heterocycles. The normalized spacial score (nSPS) is 17.3. The Labute approximate surface area is 138 Å². The van der Waals surface area contributed by atoms with Crippen LogP contribution >= 0.6 is 11.8 Å². The summed E-state index contributed by atoms with van der Waals surface area (Å²) < 4.78 is 0. The van der Waals surface area contributed by atoms with Gasteiger partial charge in [-0.05, 0) is 60.2 Å². The number of nitriles is 1. The Morgan fingerprint density at radius 1 is 1.22 bits per heavy atom. The van der Waals surface area contributed by atoms with Crippen LogP contribution in [0.4, 0.5) is 5.69 Å². The van der Waals surface area contributed by atoms with Gasteiger partial charge < -0.3 is 5.32 Å². The molecule has 1 N–H and O–H groups in total. The lowest BCUT2D eigenvalue weighted by Crippen LogP contribution is -2.19. The lowest BCUT2D eigenvalue weighted by atomic mass is 10.1. The van der Waals surface area contributed by atoms with Crippen molar-refractivity contribution in [3.05, 3.63) is 70.1 Å². The molecule has 4 nitrogen and oxygen atoms in total. The number of aryl methyl sites for hydroxylation is 1. The summed E-state index contributed by atoms with van der Waals surface area (Å²) in [6.45, 7) is 2.00. The fourth-order valence-corrected chi connectivity index (χ4v) is 2.94. The molecule has 112 valence electrons. The highest BCUT2D eigenvalue weighted by Crippen LogP contribution is 2.28. The molecule has 0 bridgehead atoms. The van der Waals surface area contributed by atoms with E-state index in [1.54, 1.807) is 18.2 Å². The lowest BCUT2D eigenvalue weighted by molar-refractivity contribution is -0.115. The average Bonchev–Trinajstić information content (AvgIpc) is 2.87. The molecule has 5 heteroatoms. The predicted molar refractivity (Wildman–Crippen MR) is 93.1 cm³/mol. The van der Waals surface area contributed by atoms with Gasteiger partial charge in [0, 0.05) is 0 Å². The van der Waals surface area contributed by atoms with Gasteiger partial charge in [0.2, 0.25) is 0 Å². The standard InChI is InChI=1S/C18H13N3OS/c1-12-3-2-4-15(9-12)20-18-21-17(22)16(23-18)10-13-5-7-14(11-19)8-6-13/h2-10H,1H3,(H,20,21,22)/b16-10+. The fourth-order valence-electron chi connectivity index (χ4n) is 2.10.